The van der Waals surface area contributed by atoms with Crippen molar-refractivity contribution in [2.24, 2.45) is 5.73 Å². The number of rotatable bonds is 3. The second kappa shape index (κ2) is 5.46. The predicted octanol–water partition coefficient (Wildman–Crippen LogP) is 3.53. The molecular weight excluding hydrogens is 289 g/mol. The van der Waals surface area contributed by atoms with E-state index in [1.165, 1.54) is 36.7 Å². The monoisotopic (exact) mass is 298 g/mol. The molecule has 0 amide bonds. The number of hydrogen-bond donors (Lipinski definition) is 1. The van der Waals surface area contributed by atoms with Gasteiger partial charge in [0.1, 0.15) is 10.7 Å². The molecule has 0 bridgehead atoms. The fourth-order valence-electron chi connectivity index (χ4n) is 1.57. The zero-order valence-electron chi connectivity index (χ0n) is 10.0. The third kappa shape index (κ3) is 3.05. The number of pyridine rings is 1. The molecule has 104 valence electrons. The highest BCUT2D eigenvalue weighted by Gasteiger charge is 2.34. The van der Waals surface area contributed by atoms with E-state index in [2.05, 4.69) is 4.98 Å². The number of alkyl halides is 3. The lowest BCUT2D eigenvalue weighted by atomic mass is 10.2. The fourth-order valence-corrected chi connectivity index (χ4v) is 1.74. The Morgan fingerprint density at radius 3 is 2.50 bits per heavy atom. The molecule has 0 saturated heterocycles. The maximum Gasteiger partial charge on any atom is 0.419 e. The number of aromatic nitrogens is 1. The molecule has 0 unspecified atom stereocenters. The fraction of sp³-hybridized carbons (Fsp3) is 0.0769. The number of benzene rings is 1. The van der Waals surface area contributed by atoms with Crippen molar-refractivity contribution in [1.29, 1.82) is 0 Å². The van der Waals surface area contributed by atoms with Gasteiger partial charge in [0.2, 0.25) is 0 Å². The maximum absolute atomic E-state index is 12.9. The van der Waals surface area contributed by atoms with E-state index in [4.69, 9.17) is 22.7 Å². The van der Waals surface area contributed by atoms with Crippen molar-refractivity contribution in [2.75, 3.05) is 0 Å². The second-order valence-corrected chi connectivity index (χ2v) is 4.27. The Hall–Kier alpha value is -2.15. The smallest absolute Gasteiger partial charge is 0.419 e. The standard InChI is InChI=1S/C13H9F3N2OS/c14-13(15,16)9-3-1-2-4-10(9)19-11-7-18-6-5-8(11)12(17)20/h1-7H,(H2,17,20). The highest BCUT2D eigenvalue weighted by molar-refractivity contribution is 7.80. The molecule has 0 aliphatic heterocycles. The van der Waals surface area contributed by atoms with Crippen molar-refractivity contribution in [2.45, 2.75) is 6.18 Å². The number of ether oxygens (including phenoxy) is 1. The van der Waals surface area contributed by atoms with Crippen LogP contribution in [0.15, 0.2) is 42.7 Å². The van der Waals surface area contributed by atoms with E-state index in [1.54, 1.807) is 0 Å². The molecule has 0 spiro atoms. The minimum Gasteiger partial charge on any atom is -0.454 e. The van der Waals surface area contributed by atoms with Crippen LogP contribution >= 0.6 is 12.2 Å². The zero-order chi connectivity index (χ0) is 14.8. The van der Waals surface area contributed by atoms with Crippen LogP contribution in [0.5, 0.6) is 11.5 Å². The van der Waals surface area contributed by atoms with Crippen molar-refractivity contribution >= 4 is 17.2 Å². The molecule has 7 heteroatoms. The van der Waals surface area contributed by atoms with Gasteiger partial charge in [0.05, 0.1) is 17.3 Å². The molecule has 0 atom stereocenters. The zero-order valence-corrected chi connectivity index (χ0v) is 10.8. The first-order valence-electron chi connectivity index (χ1n) is 5.47. The molecule has 0 fully saturated rings. The minimum absolute atomic E-state index is 0.0203. The maximum atomic E-state index is 12.9. The van der Waals surface area contributed by atoms with Crippen LogP contribution < -0.4 is 10.5 Å². The number of thiocarbonyl (C=S) groups is 1. The number of halogens is 3. The van der Waals surface area contributed by atoms with Crippen LogP contribution in [0.1, 0.15) is 11.1 Å². The van der Waals surface area contributed by atoms with E-state index < -0.39 is 11.7 Å². The average Bonchev–Trinajstić information content (AvgIpc) is 2.38. The molecule has 1 heterocycles. The molecule has 0 radical (unpaired) electrons. The van der Waals surface area contributed by atoms with E-state index >= 15 is 0 Å². The van der Waals surface area contributed by atoms with Crippen LogP contribution in [0.4, 0.5) is 13.2 Å². The summed E-state index contributed by atoms with van der Waals surface area (Å²) >= 11 is 4.82. The van der Waals surface area contributed by atoms with Gasteiger partial charge in [0, 0.05) is 6.20 Å². The lowest BCUT2D eigenvalue weighted by Gasteiger charge is -2.14. The lowest BCUT2D eigenvalue weighted by Crippen LogP contribution is -2.12. The quantitative estimate of drug-likeness (QED) is 0.881. The summed E-state index contributed by atoms with van der Waals surface area (Å²) in [5.41, 5.74) is 4.94. The molecule has 1 aromatic heterocycles. The number of nitrogens with two attached hydrogens (primary N) is 1. The molecule has 2 N–H and O–H groups in total. The molecule has 20 heavy (non-hydrogen) atoms. The van der Waals surface area contributed by atoms with Gasteiger partial charge in [0.15, 0.2) is 5.75 Å². The molecular formula is C13H9F3N2OS. The largest absolute Gasteiger partial charge is 0.454 e. The highest BCUT2D eigenvalue weighted by atomic mass is 32.1. The van der Waals surface area contributed by atoms with E-state index in [0.29, 0.717) is 5.56 Å². The van der Waals surface area contributed by atoms with Crippen LogP contribution in [0, 0.1) is 0 Å². The lowest BCUT2D eigenvalue weighted by molar-refractivity contribution is -0.138. The number of nitrogens with zero attached hydrogens (tertiary/aromatic N) is 1. The number of para-hydroxylation sites is 1. The summed E-state index contributed by atoms with van der Waals surface area (Å²) in [5, 5.41) is 0. The predicted molar refractivity (Wildman–Crippen MR) is 71.6 cm³/mol. The van der Waals surface area contributed by atoms with Crippen LogP contribution in [0.2, 0.25) is 0 Å². The van der Waals surface area contributed by atoms with Crippen molar-refractivity contribution in [3.05, 3.63) is 53.9 Å². The Balaban J connectivity index is 2.44. The first kappa shape index (κ1) is 14.3. The summed E-state index contributed by atoms with van der Waals surface area (Å²) in [6.45, 7) is 0. The van der Waals surface area contributed by atoms with Crippen LogP contribution in [0.25, 0.3) is 0 Å². The second-order valence-electron chi connectivity index (χ2n) is 3.83. The Morgan fingerprint density at radius 1 is 1.15 bits per heavy atom. The van der Waals surface area contributed by atoms with Gasteiger partial charge in [-0.05, 0) is 18.2 Å². The molecule has 0 aliphatic carbocycles. The van der Waals surface area contributed by atoms with Crippen molar-refractivity contribution in [1.82, 2.24) is 4.98 Å². The summed E-state index contributed by atoms with van der Waals surface area (Å²) in [5.74, 6) is -0.248. The van der Waals surface area contributed by atoms with Gasteiger partial charge in [-0.1, -0.05) is 24.4 Å². The van der Waals surface area contributed by atoms with E-state index in [-0.39, 0.29) is 16.5 Å². The number of hydrogen-bond acceptors (Lipinski definition) is 3. The third-order valence-corrected chi connectivity index (χ3v) is 2.68. The Bertz CT molecular complexity index is 644. The van der Waals surface area contributed by atoms with Gasteiger partial charge >= 0.3 is 6.18 Å². The first-order chi connectivity index (χ1) is 9.39. The topological polar surface area (TPSA) is 48.1 Å². The van der Waals surface area contributed by atoms with Crippen LogP contribution in [-0.2, 0) is 6.18 Å². The van der Waals surface area contributed by atoms with Gasteiger partial charge < -0.3 is 10.5 Å². The van der Waals surface area contributed by atoms with Gasteiger partial charge in [-0.3, -0.25) is 4.98 Å². The summed E-state index contributed by atoms with van der Waals surface area (Å²) in [7, 11) is 0. The first-order valence-corrected chi connectivity index (χ1v) is 5.88. The Labute approximate surface area is 118 Å². The van der Waals surface area contributed by atoms with Crippen molar-refractivity contribution < 1.29 is 17.9 Å². The van der Waals surface area contributed by atoms with Crippen molar-refractivity contribution in [3.8, 4) is 11.5 Å². The van der Waals surface area contributed by atoms with Crippen molar-refractivity contribution in [3.63, 3.8) is 0 Å². The molecule has 0 saturated carbocycles. The minimum atomic E-state index is -4.51. The summed E-state index contributed by atoms with van der Waals surface area (Å²) in [4.78, 5) is 3.81. The summed E-state index contributed by atoms with van der Waals surface area (Å²) in [6, 6.07) is 6.37. The summed E-state index contributed by atoms with van der Waals surface area (Å²) < 4.78 is 43.9. The molecule has 1 aromatic carbocycles. The average molecular weight is 298 g/mol. The van der Waals surface area contributed by atoms with E-state index in [0.717, 1.165) is 6.07 Å². The highest BCUT2D eigenvalue weighted by Crippen LogP contribution is 2.38. The Kier molecular flexibility index (Phi) is 3.89. The summed E-state index contributed by atoms with van der Waals surface area (Å²) in [6.07, 6.45) is -1.82. The van der Waals surface area contributed by atoms with Gasteiger partial charge in [-0.2, -0.15) is 13.2 Å². The van der Waals surface area contributed by atoms with E-state index in [1.807, 2.05) is 0 Å². The van der Waals surface area contributed by atoms with Gasteiger partial charge in [0.25, 0.3) is 0 Å². The third-order valence-electron chi connectivity index (χ3n) is 2.46. The van der Waals surface area contributed by atoms with Gasteiger partial charge in [-0.25, -0.2) is 0 Å². The van der Waals surface area contributed by atoms with Gasteiger partial charge in [-0.15, -0.1) is 0 Å². The van der Waals surface area contributed by atoms with Crippen LogP contribution in [0.3, 0.4) is 0 Å². The SMILES string of the molecule is NC(=S)c1ccncc1Oc1ccccc1C(F)(F)F. The van der Waals surface area contributed by atoms with E-state index in [9.17, 15) is 13.2 Å². The molecule has 2 aromatic rings. The molecule has 2 rings (SSSR count). The normalized spacial score (nSPS) is 11.2. The Morgan fingerprint density at radius 2 is 1.85 bits per heavy atom. The molecule has 0 aliphatic rings. The van der Waals surface area contributed by atoms with Crippen LogP contribution in [-0.4, -0.2) is 9.97 Å². The molecule has 3 nitrogen and oxygen atoms in total.